The van der Waals surface area contributed by atoms with Crippen molar-refractivity contribution in [3.8, 4) is 0 Å². The molecule has 0 saturated carbocycles. The fourth-order valence-corrected chi connectivity index (χ4v) is 1.63. The van der Waals surface area contributed by atoms with Crippen LogP contribution in [-0.2, 0) is 5.41 Å². The van der Waals surface area contributed by atoms with Crippen LogP contribution < -0.4 is 11.1 Å². The van der Waals surface area contributed by atoms with E-state index in [9.17, 15) is 14.7 Å². The highest BCUT2D eigenvalue weighted by molar-refractivity contribution is 5.74. The number of hydrogen-bond donors (Lipinski definition) is 3. The Morgan fingerprint density at radius 1 is 1.12 bits per heavy atom. The zero-order valence-electron chi connectivity index (χ0n) is 9.70. The molecule has 0 atom stereocenters. The first-order chi connectivity index (χ1) is 7.94. The molecular formula is C12H14N2O3. The molecule has 0 saturated heterocycles. The number of benzene rings is 1. The van der Waals surface area contributed by atoms with Gasteiger partial charge in [-0.05, 0) is 17.7 Å². The molecule has 0 radical (unpaired) electrons. The number of aromatic nitrogens is 2. The minimum atomic E-state index is -0.670. The quantitative estimate of drug-likeness (QED) is 0.661. The third-order valence-electron chi connectivity index (χ3n) is 2.90. The third-order valence-corrected chi connectivity index (χ3v) is 2.90. The summed E-state index contributed by atoms with van der Waals surface area (Å²) in [6.45, 7) is 3.81. The lowest BCUT2D eigenvalue weighted by Crippen LogP contribution is -2.29. The van der Waals surface area contributed by atoms with E-state index in [1.54, 1.807) is 12.1 Å². The molecule has 2 aromatic rings. The zero-order valence-corrected chi connectivity index (χ0v) is 9.70. The van der Waals surface area contributed by atoms with Crippen LogP contribution in [0.15, 0.2) is 27.8 Å². The summed E-state index contributed by atoms with van der Waals surface area (Å²) in [6, 6.07) is 5.31. The van der Waals surface area contributed by atoms with Gasteiger partial charge in [0.2, 0.25) is 0 Å². The highest BCUT2D eigenvalue weighted by atomic mass is 16.3. The van der Waals surface area contributed by atoms with Crippen molar-refractivity contribution in [1.82, 2.24) is 9.97 Å². The summed E-state index contributed by atoms with van der Waals surface area (Å²) in [6.07, 6.45) is 0. The van der Waals surface area contributed by atoms with Gasteiger partial charge in [0.25, 0.3) is 0 Å². The lowest BCUT2D eigenvalue weighted by Gasteiger charge is -2.22. The molecule has 0 fully saturated rings. The van der Waals surface area contributed by atoms with Crippen LogP contribution in [0.3, 0.4) is 0 Å². The smallest absolute Gasteiger partial charge is 0.314 e. The van der Waals surface area contributed by atoms with Gasteiger partial charge in [-0.15, -0.1) is 0 Å². The molecule has 2 rings (SSSR count). The van der Waals surface area contributed by atoms with Crippen LogP contribution in [0.4, 0.5) is 0 Å². The molecule has 17 heavy (non-hydrogen) atoms. The van der Waals surface area contributed by atoms with Crippen molar-refractivity contribution in [2.24, 2.45) is 0 Å². The Bertz CT molecular complexity index is 667. The Balaban J connectivity index is 2.70. The van der Waals surface area contributed by atoms with Gasteiger partial charge in [-0.1, -0.05) is 19.9 Å². The second-order valence-electron chi connectivity index (χ2n) is 4.71. The van der Waals surface area contributed by atoms with Crippen LogP contribution in [0.5, 0.6) is 0 Å². The number of aliphatic hydroxyl groups excluding tert-OH is 1. The molecule has 0 spiro atoms. The zero-order chi connectivity index (χ0) is 12.6. The minimum Gasteiger partial charge on any atom is -0.395 e. The third kappa shape index (κ3) is 2.01. The number of aromatic amines is 2. The average molecular weight is 234 g/mol. The van der Waals surface area contributed by atoms with E-state index in [1.807, 2.05) is 19.9 Å². The first-order valence-electron chi connectivity index (χ1n) is 5.32. The molecule has 1 aromatic heterocycles. The standard InChI is InChI=1S/C12H14N2O3/c1-12(2,6-15)7-3-4-8-9(5-7)14-11(17)10(16)13-8/h3-5,15H,6H2,1-2H3,(H,13,16)(H,14,17). The van der Waals surface area contributed by atoms with Gasteiger partial charge >= 0.3 is 11.1 Å². The first kappa shape index (κ1) is 11.6. The van der Waals surface area contributed by atoms with Crippen molar-refractivity contribution in [2.75, 3.05) is 6.61 Å². The van der Waals surface area contributed by atoms with Crippen molar-refractivity contribution in [1.29, 1.82) is 0 Å². The predicted octanol–water partition coefficient (Wildman–Crippen LogP) is 0.486. The fraction of sp³-hybridized carbons (Fsp3) is 0.333. The number of hydrogen-bond acceptors (Lipinski definition) is 3. The molecule has 0 aliphatic rings. The van der Waals surface area contributed by atoms with E-state index in [4.69, 9.17) is 0 Å². The number of H-pyrrole nitrogens is 2. The Kier molecular flexibility index (Phi) is 2.63. The molecule has 1 aromatic carbocycles. The molecule has 5 nitrogen and oxygen atoms in total. The van der Waals surface area contributed by atoms with Gasteiger partial charge in [0, 0.05) is 5.41 Å². The van der Waals surface area contributed by atoms with E-state index >= 15 is 0 Å². The van der Waals surface area contributed by atoms with Gasteiger partial charge in [-0.2, -0.15) is 0 Å². The van der Waals surface area contributed by atoms with Crippen molar-refractivity contribution in [3.05, 3.63) is 44.5 Å². The summed E-state index contributed by atoms with van der Waals surface area (Å²) in [7, 11) is 0. The Morgan fingerprint density at radius 2 is 1.71 bits per heavy atom. The van der Waals surface area contributed by atoms with E-state index in [2.05, 4.69) is 9.97 Å². The molecule has 90 valence electrons. The lowest BCUT2D eigenvalue weighted by atomic mass is 9.85. The maximum Gasteiger partial charge on any atom is 0.314 e. The monoisotopic (exact) mass is 234 g/mol. The van der Waals surface area contributed by atoms with Gasteiger partial charge in [0.05, 0.1) is 17.6 Å². The van der Waals surface area contributed by atoms with Gasteiger partial charge in [-0.25, -0.2) is 0 Å². The Morgan fingerprint density at radius 3 is 2.29 bits per heavy atom. The van der Waals surface area contributed by atoms with Crippen LogP contribution in [0, 0.1) is 0 Å². The van der Waals surface area contributed by atoms with E-state index < -0.39 is 11.1 Å². The van der Waals surface area contributed by atoms with E-state index in [0.717, 1.165) is 5.56 Å². The predicted molar refractivity (Wildman–Crippen MR) is 65.3 cm³/mol. The first-order valence-corrected chi connectivity index (χ1v) is 5.32. The van der Waals surface area contributed by atoms with Crippen LogP contribution in [0.25, 0.3) is 11.0 Å². The SMILES string of the molecule is CC(C)(CO)c1ccc2[nH]c(=O)c(=O)[nH]c2c1. The molecule has 0 bridgehead atoms. The van der Waals surface area contributed by atoms with E-state index in [1.165, 1.54) is 0 Å². The minimum absolute atomic E-state index is 0.00604. The number of fused-ring (bicyclic) bond motifs is 1. The Hall–Kier alpha value is -1.88. The van der Waals surface area contributed by atoms with Gasteiger partial charge < -0.3 is 15.1 Å². The summed E-state index contributed by atoms with van der Waals surface area (Å²) in [4.78, 5) is 27.4. The highest BCUT2D eigenvalue weighted by Crippen LogP contribution is 2.24. The number of rotatable bonds is 2. The second-order valence-corrected chi connectivity index (χ2v) is 4.71. The summed E-state index contributed by atoms with van der Waals surface area (Å²) in [5.74, 6) is 0. The lowest BCUT2D eigenvalue weighted by molar-refractivity contribution is 0.218. The molecular weight excluding hydrogens is 220 g/mol. The maximum absolute atomic E-state index is 11.2. The van der Waals surface area contributed by atoms with Gasteiger partial charge in [-0.3, -0.25) is 9.59 Å². The van der Waals surface area contributed by atoms with Crippen molar-refractivity contribution < 1.29 is 5.11 Å². The number of nitrogens with one attached hydrogen (secondary N) is 2. The molecule has 0 aliphatic heterocycles. The fourth-order valence-electron chi connectivity index (χ4n) is 1.63. The molecule has 0 aliphatic carbocycles. The topological polar surface area (TPSA) is 85.9 Å². The maximum atomic E-state index is 11.2. The summed E-state index contributed by atoms with van der Waals surface area (Å²) in [5.41, 5.74) is 0.320. The molecule has 0 amide bonds. The normalized spacial score (nSPS) is 11.9. The van der Waals surface area contributed by atoms with Crippen LogP contribution >= 0.6 is 0 Å². The summed E-state index contributed by atoms with van der Waals surface area (Å²) in [5, 5.41) is 9.29. The molecule has 3 N–H and O–H groups in total. The molecule has 5 heteroatoms. The highest BCUT2D eigenvalue weighted by Gasteiger charge is 2.19. The van der Waals surface area contributed by atoms with Crippen LogP contribution in [-0.4, -0.2) is 21.7 Å². The molecule has 1 heterocycles. The van der Waals surface area contributed by atoms with E-state index in [0.29, 0.717) is 11.0 Å². The van der Waals surface area contributed by atoms with Crippen molar-refractivity contribution in [3.63, 3.8) is 0 Å². The second kappa shape index (κ2) is 3.85. The Labute approximate surface area is 97.1 Å². The van der Waals surface area contributed by atoms with Crippen LogP contribution in [0.1, 0.15) is 19.4 Å². The summed E-state index contributed by atoms with van der Waals surface area (Å²) >= 11 is 0. The van der Waals surface area contributed by atoms with Gasteiger partial charge in [0.1, 0.15) is 0 Å². The van der Waals surface area contributed by atoms with Crippen LogP contribution in [0.2, 0.25) is 0 Å². The van der Waals surface area contributed by atoms with Crippen molar-refractivity contribution in [2.45, 2.75) is 19.3 Å². The van der Waals surface area contributed by atoms with E-state index in [-0.39, 0.29) is 12.0 Å². The number of aliphatic hydroxyl groups is 1. The summed E-state index contributed by atoms with van der Waals surface area (Å²) < 4.78 is 0. The van der Waals surface area contributed by atoms with Gasteiger partial charge in [0.15, 0.2) is 0 Å². The van der Waals surface area contributed by atoms with Crippen molar-refractivity contribution >= 4 is 11.0 Å². The molecule has 0 unspecified atom stereocenters. The largest absolute Gasteiger partial charge is 0.395 e. The average Bonchev–Trinajstić information content (AvgIpc) is 2.30.